The molecule has 1 amide bonds. The number of carbonyl (C=O) groups is 2. The predicted octanol–water partition coefficient (Wildman–Crippen LogP) is 5.13. The minimum atomic E-state index is -1.04. The Hall–Kier alpha value is -3.96. The fraction of sp³-hybridized carbons (Fsp3) is 0.0800. The van der Waals surface area contributed by atoms with Crippen LogP contribution in [0.5, 0.6) is 0 Å². The minimum absolute atomic E-state index is 0.145. The molecule has 1 atom stereocenters. The molecule has 4 aromatic rings. The van der Waals surface area contributed by atoms with Gasteiger partial charge in [-0.3, -0.25) is 19.5 Å². The number of nitrogens with zero attached hydrogens (tertiary/aromatic N) is 4. The SMILES string of the molecule is O=C1C(=O)N(c2nnc(SCc3ccc(F)cc3)s2)C(c2ccc(F)cc2)/C1=C(\O)c1ccncc1. The number of hydrogen-bond donors (Lipinski definition) is 1. The summed E-state index contributed by atoms with van der Waals surface area (Å²) in [6.07, 6.45) is 2.90. The number of benzene rings is 2. The minimum Gasteiger partial charge on any atom is -0.507 e. The smallest absolute Gasteiger partial charge is 0.301 e. The van der Waals surface area contributed by atoms with Gasteiger partial charge in [-0.15, -0.1) is 10.2 Å². The number of hydrogen-bond acceptors (Lipinski definition) is 8. The zero-order valence-electron chi connectivity index (χ0n) is 18.3. The van der Waals surface area contributed by atoms with Crippen molar-refractivity contribution in [3.63, 3.8) is 0 Å². The first-order chi connectivity index (χ1) is 17.4. The van der Waals surface area contributed by atoms with E-state index in [9.17, 15) is 23.5 Å². The number of rotatable bonds is 6. The molecule has 7 nitrogen and oxygen atoms in total. The summed E-state index contributed by atoms with van der Waals surface area (Å²) in [6, 6.07) is 13.4. The number of aliphatic hydroxyl groups excluding tert-OH is 1. The number of halogens is 2. The fourth-order valence-electron chi connectivity index (χ4n) is 3.74. The Bertz CT molecular complexity index is 1460. The van der Waals surface area contributed by atoms with Crippen molar-refractivity contribution in [1.82, 2.24) is 15.2 Å². The molecule has 36 heavy (non-hydrogen) atoms. The number of aromatic nitrogens is 3. The Morgan fingerprint density at radius 3 is 2.25 bits per heavy atom. The van der Waals surface area contributed by atoms with Crippen LogP contribution in [0.2, 0.25) is 0 Å². The molecule has 2 aromatic heterocycles. The van der Waals surface area contributed by atoms with E-state index in [4.69, 9.17) is 0 Å². The highest BCUT2D eigenvalue weighted by molar-refractivity contribution is 8.00. The summed E-state index contributed by atoms with van der Waals surface area (Å²) in [5.41, 5.74) is 1.46. The van der Waals surface area contributed by atoms with Crippen LogP contribution in [0.15, 0.2) is 83.0 Å². The van der Waals surface area contributed by atoms with E-state index >= 15 is 0 Å². The molecular formula is C25H16F2N4O3S2. The molecule has 1 saturated heterocycles. The van der Waals surface area contributed by atoms with Gasteiger partial charge in [0.05, 0.1) is 11.6 Å². The number of pyridine rings is 1. The third kappa shape index (κ3) is 4.62. The van der Waals surface area contributed by atoms with Crippen molar-refractivity contribution in [2.24, 2.45) is 0 Å². The second kappa shape index (κ2) is 9.96. The van der Waals surface area contributed by atoms with Gasteiger partial charge in [0, 0.05) is 23.7 Å². The normalized spacial score (nSPS) is 17.1. The Kier molecular flexibility index (Phi) is 6.57. The van der Waals surface area contributed by atoms with Crippen LogP contribution >= 0.6 is 23.1 Å². The molecule has 0 spiro atoms. The second-order valence-corrected chi connectivity index (χ2v) is 9.90. The molecule has 0 radical (unpaired) electrons. The van der Waals surface area contributed by atoms with Crippen molar-refractivity contribution in [2.75, 3.05) is 4.90 Å². The van der Waals surface area contributed by atoms with Gasteiger partial charge in [0.25, 0.3) is 5.78 Å². The van der Waals surface area contributed by atoms with Gasteiger partial charge in [0.2, 0.25) is 5.13 Å². The van der Waals surface area contributed by atoms with Crippen molar-refractivity contribution in [2.45, 2.75) is 16.1 Å². The van der Waals surface area contributed by atoms with Crippen molar-refractivity contribution in [3.05, 3.63) is 107 Å². The Labute approximate surface area is 212 Å². The van der Waals surface area contributed by atoms with Crippen molar-refractivity contribution in [1.29, 1.82) is 0 Å². The highest BCUT2D eigenvalue weighted by atomic mass is 32.2. The fourth-order valence-corrected chi connectivity index (χ4v) is 5.56. The molecule has 0 saturated carbocycles. The largest absolute Gasteiger partial charge is 0.507 e. The molecule has 2 aromatic carbocycles. The molecule has 1 N–H and O–H groups in total. The Balaban J connectivity index is 1.52. The van der Waals surface area contributed by atoms with Crippen molar-refractivity contribution >= 4 is 45.7 Å². The van der Waals surface area contributed by atoms with Crippen LogP contribution in [0, 0.1) is 11.6 Å². The molecule has 1 aliphatic rings. The van der Waals surface area contributed by atoms with E-state index in [1.54, 1.807) is 12.1 Å². The first-order valence-corrected chi connectivity index (χ1v) is 12.4. The number of Topliss-reactive ketones (excluding diaryl/α,β-unsaturated/α-hetero) is 1. The van der Waals surface area contributed by atoms with Gasteiger partial charge in [0.1, 0.15) is 17.4 Å². The van der Waals surface area contributed by atoms with Crippen molar-refractivity contribution in [3.8, 4) is 0 Å². The molecule has 0 aliphatic carbocycles. The summed E-state index contributed by atoms with van der Waals surface area (Å²) in [5.74, 6) is -2.47. The Morgan fingerprint density at radius 1 is 0.944 bits per heavy atom. The third-order valence-corrected chi connectivity index (χ3v) is 7.59. The number of thioether (sulfide) groups is 1. The van der Waals surface area contributed by atoms with Gasteiger partial charge < -0.3 is 5.11 Å². The van der Waals surface area contributed by atoms with Crippen LogP contribution < -0.4 is 4.90 Å². The molecule has 5 rings (SSSR count). The molecule has 1 unspecified atom stereocenters. The molecule has 3 heterocycles. The van der Waals surface area contributed by atoms with Crippen LogP contribution in [0.25, 0.3) is 5.76 Å². The maximum absolute atomic E-state index is 13.7. The summed E-state index contributed by atoms with van der Waals surface area (Å²) in [7, 11) is 0. The number of carbonyl (C=O) groups excluding carboxylic acids is 2. The average Bonchev–Trinajstić information content (AvgIpc) is 3.46. The van der Waals surface area contributed by atoms with Gasteiger partial charge in [-0.2, -0.15) is 0 Å². The summed E-state index contributed by atoms with van der Waals surface area (Å²) < 4.78 is 27.3. The number of anilines is 1. The van der Waals surface area contributed by atoms with E-state index in [0.717, 1.165) is 16.9 Å². The lowest BCUT2D eigenvalue weighted by Crippen LogP contribution is -2.29. The maximum Gasteiger partial charge on any atom is 0.301 e. The highest BCUT2D eigenvalue weighted by Gasteiger charge is 2.48. The van der Waals surface area contributed by atoms with E-state index < -0.39 is 23.5 Å². The number of aliphatic hydroxyl groups is 1. The van der Waals surface area contributed by atoms with Crippen molar-refractivity contribution < 1.29 is 23.5 Å². The monoisotopic (exact) mass is 522 g/mol. The van der Waals surface area contributed by atoms with Crippen LogP contribution in [-0.4, -0.2) is 32.0 Å². The first-order valence-electron chi connectivity index (χ1n) is 10.6. The van der Waals surface area contributed by atoms with Crippen LogP contribution in [0.4, 0.5) is 13.9 Å². The van der Waals surface area contributed by atoms with E-state index in [2.05, 4.69) is 15.2 Å². The lowest BCUT2D eigenvalue weighted by Gasteiger charge is -2.22. The highest BCUT2D eigenvalue weighted by Crippen LogP contribution is 2.44. The van der Waals surface area contributed by atoms with Gasteiger partial charge >= 0.3 is 5.91 Å². The number of ketones is 1. The van der Waals surface area contributed by atoms with Gasteiger partial charge in [-0.1, -0.05) is 47.4 Å². The lowest BCUT2D eigenvalue weighted by atomic mass is 9.95. The van der Waals surface area contributed by atoms with E-state index in [-0.39, 0.29) is 22.3 Å². The van der Waals surface area contributed by atoms with Crippen LogP contribution in [0.3, 0.4) is 0 Å². The first kappa shape index (κ1) is 23.8. The van der Waals surface area contributed by atoms with E-state index in [1.807, 2.05) is 0 Å². The molecular weight excluding hydrogens is 506 g/mol. The summed E-state index contributed by atoms with van der Waals surface area (Å²) >= 11 is 2.45. The third-order valence-electron chi connectivity index (χ3n) is 5.46. The topological polar surface area (TPSA) is 96.3 Å². The van der Waals surface area contributed by atoms with E-state index in [1.165, 1.54) is 77.6 Å². The zero-order valence-corrected chi connectivity index (χ0v) is 20.0. The van der Waals surface area contributed by atoms with Gasteiger partial charge in [0.15, 0.2) is 4.34 Å². The number of amides is 1. The molecule has 180 valence electrons. The maximum atomic E-state index is 13.7. The quantitative estimate of drug-likeness (QED) is 0.123. The zero-order chi connectivity index (χ0) is 25.2. The summed E-state index contributed by atoms with van der Waals surface area (Å²) in [4.78, 5) is 31.4. The standard InChI is InChI=1S/C25H16F2N4O3S2/c26-17-5-1-14(2-6-17)13-35-25-30-29-24(36-25)31-20(15-3-7-18(27)8-4-15)19(22(33)23(31)34)21(32)16-9-11-28-12-10-16/h1-12,20,32H,13H2/b21-19+. The molecule has 1 aliphatic heterocycles. The van der Waals surface area contributed by atoms with Gasteiger partial charge in [-0.25, -0.2) is 8.78 Å². The molecule has 11 heteroatoms. The summed E-state index contributed by atoms with van der Waals surface area (Å²) in [6.45, 7) is 0. The van der Waals surface area contributed by atoms with Gasteiger partial charge in [-0.05, 0) is 47.5 Å². The Morgan fingerprint density at radius 2 is 1.58 bits per heavy atom. The molecule has 0 bridgehead atoms. The molecule has 1 fully saturated rings. The second-order valence-electron chi connectivity index (χ2n) is 7.72. The summed E-state index contributed by atoms with van der Waals surface area (Å²) in [5, 5.41) is 19.4. The van der Waals surface area contributed by atoms with Crippen LogP contribution in [-0.2, 0) is 15.3 Å². The van der Waals surface area contributed by atoms with Crippen LogP contribution in [0.1, 0.15) is 22.7 Å². The average molecular weight is 523 g/mol. The van der Waals surface area contributed by atoms with E-state index in [0.29, 0.717) is 21.2 Å². The lowest BCUT2D eigenvalue weighted by molar-refractivity contribution is -0.132. The predicted molar refractivity (Wildman–Crippen MR) is 131 cm³/mol.